The maximum Gasteiger partial charge on any atom is 0.0603 e. The van der Waals surface area contributed by atoms with Gasteiger partial charge in [-0.25, -0.2) is 0 Å². The number of quaternary nitrogens is 1. The molecule has 0 aliphatic heterocycles. The number of nitrogens with two attached hydrogens (primary N) is 1. The highest BCUT2D eigenvalue weighted by molar-refractivity contribution is 5.59. The van der Waals surface area contributed by atoms with E-state index in [1.165, 1.54) is 16.7 Å². The van der Waals surface area contributed by atoms with Gasteiger partial charge in [0.2, 0.25) is 0 Å². The van der Waals surface area contributed by atoms with Crippen molar-refractivity contribution in [1.82, 2.24) is 0 Å². The molecule has 0 saturated carbocycles. The number of hydrogen-bond acceptors (Lipinski definition) is 0. The third-order valence-corrected chi connectivity index (χ3v) is 1.89. The Balaban J connectivity index is 0.00000144. The summed E-state index contributed by atoms with van der Waals surface area (Å²) in [5.41, 5.74) is 11.1. The zero-order valence-electron chi connectivity index (χ0n) is 8.56. The van der Waals surface area contributed by atoms with Gasteiger partial charge in [0.15, 0.2) is 0 Å². The van der Waals surface area contributed by atoms with E-state index in [0.29, 0.717) is 0 Å². The van der Waals surface area contributed by atoms with Crippen molar-refractivity contribution in [2.45, 2.75) is 20.8 Å². The predicted octanol–water partition coefficient (Wildman–Crippen LogP) is -1.27. The fourth-order valence-electron chi connectivity index (χ4n) is 1.51. The summed E-state index contributed by atoms with van der Waals surface area (Å²) in [7, 11) is 1.94. The quantitative estimate of drug-likeness (QED) is 0.455. The van der Waals surface area contributed by atoms with Crippen LogP contribution in [0.3, 0.4) is 0 Å². The number of rotatable bonds is 2. The summed E-state index contributed by atoms with van der Waals surface area (Å²) in [6, 6.07) is 4.32. The highest BCUT2D eigenvalue weighted by Gasteiger charge is 1.95. The van der Waals surface area contributed by atoms with Crippen LogP contribution in [0.5, 0.6) is 0 Å². The molecule has 3 heteroatoms. The van der Waals surface area contributed by atoms with Crippen LogP contribution in [-0.2, 0) is 0 Å². The van der Waals surface area contributed by atoms with Gasteiger partial charge in [-0.3, -0.25) is 0 Å². The van der Waals surface area contributed by atoms with E-state index in [-0.39, 0.29) is 12.4 Å². The van der Waals surface area contributed by atoms with Crippen LogP contribution in [0.1, 0.15) is 16.7 Å². The molecule has 0 radical (unpaired) electrons. The van der Waals surface area contributed by atoms with Gasteiger partial charge in [-0.2, -0.15) is 0 Å². The normalized spacial score (nSPS) is 9.23. The molecule has 0 amide bonds. The van der Waals surface area contributed by atoms with E-state index in [1.54, 1.807) is 0 Å². The molecule has 0 fully saturated rings. The van der Waals surface area contributed by atoms with Crippen molar-refractivity contribution in [3.8, 4) is 0 Å². The number of halogens is 1. The molecule has 0 unspecified atom stereocenters. The van der Waals surface area contributed by atoms with Crippen LogP contribution < -0.4 is 17.8 Å². The van der Waals surface area contributed by atoms with Crippen molar-refractivity contribution < 1.29 is 17.8 Å². The summed E-state index contributed by atoms with van der Waals surface area (Å²) in [5, 5.41) is 0. The Labute approximate surface area is 86.1 Å². The maximum absolute atomic E-state index is 4.32. The van der Waals surface area contributed by atoms with Crippen molar-refractivity contribution in [2.24, 2.45) is 0 Å². The van der Waals surface area contributed by atoms with Crippen LogP contribution in [0.2, 0.25) is 0 Å². The Hall–Kier alpha value is -0.730. The Morgan fingerprint density at radius 2 is 1.54 bits per heavy atom. The molecule has 0 bridgehead atoms. The van der Waals surface area contributed by atoms with Crippen LogP contribution in [0.15, 0.2) is 12.1 Å². The van der Waals surface area contributed by atoms with E-state index in [2.05, 4.69) is 38.3 Å². The topological polar surface area (TPSA) is 30.7 Å². The number of benzene rings is 1. The lowest BCUT2D eigenvalue weighted by molar-refractivity contribution is -0.571. The predicted molar refractivity (Wildman–Crippen MR) is 51.5 cm³/mol. The molecule has 2 N–H and O–H groups in total. The first-order valence-corrected chi connectivity index (χ1v) is 4.21. The van der Waals surface area contributed by atoms with Crippen LogP contribution in [0.25, 0.3) is 5.43 Å². The van der Waals surface area contributed by atoms with Crippen LogP contribution in [-0.4, -0.2) is 7.05 Å². The second kappa shape index (κ2) is 5.10. The van der Waals surface area contributed by atoms with Gasteiger partial charge in [-0.1, -0.05) is 34.5 Å². The minimum absolute atomic E-state index is 0. The first-order chi connectivity index (χ1) is 5.65. The van der Waals surface area contributed by atoms with Crippen LogP contribution >= 0.6 is 0 Å². The second-order valence-electron chi connectivity index (χ2n) is 3.13. The van der Waals surface area contributed by atoms with Gasteiger partial charge in [-0.15, -0.1) is 0 Å². The molecule has 0 aliphatic carbocycles. The van der Waals surface area contributed by atoms with Crippen molar-refractivity contribution in [1.29, 1.82) is 0 Å². The van der Waals surface area contributed by atoms with Crippen LogP contribution in [0, 0.1) is 20.8 Å². The second-order valence-corrected chi connectivity index (χ2v) is 3.13. The molecule has 0 aliphatic rings. The Morgan fingerprint density at radius 1 is 1.08 bits per heavy atom. The lowest BCUT2D eigenvalue weighted by Crippen LogP contribution is -3.00. The zero-order valence-corrected chi connectivity index (χ0v) is 9.31. The first kappa shape index (κ1) is 12.3. The molecular formula is C10H16ClN2-. The molecule has 0 aromatic heterocycles. The lowest BCUT2D eigenvalue weighted by Gasteiger charge is -2.21. The molecule has 1 rings (SSSR count). The van der Waals surface area contributed by atoms with Gasteiger partial charge in [-0.05, 0) is 20.8 Å². The molecular weight excluding hydrogens is 184 g/mol. The molecule has 74 valence electrons. The molecule has 2 nitrogen and oxygen atoms in total. The SMILES string of the molecule is C[NH2+][N-]c1c(C)cc(C)cc1C.[Cl-]. The Bertz CT molecular complexity index is 261. The maximum atomic E-state index is 4.32. The molecule has 0 heterocycles. The lowest BCUT2D eigenvalue weighted by atomic mass is 10.1. The standard InChI is InChI=1S/C10H16N2.ClH/c1-7-5-8(2)10(12-11-4)9(3)6-7;/h5-6H,11H2,1-4H3;1H/p-1. The summed E-state index contributed by atoms with van der Waals surface area (Å²) in [4.78, 5) is 0. The summed E-state index contributed by atoms with van der Waals surface area (Å²) in [5.74, 6) is 0. The minimum atomic E-state index is 0. The summed E-state index contributed by atoms with van der Waals surface area (Å²) in [6.45, 7) is 6.31. The molecule has 1 aromatic rings. The fourth-order valence-corrected chi connectivity index (χ4v) is 1.51. The third-order valence-electron chi connectivity index (χ3n) is 1.89. The van der Waals surface area contributed by atoms with Crippen molar-refractivity contribution >= 4 is 5.69 Å². The zero-order chi connectivity index (χ0) is 9.14. The Morgan fingerprint density at radius 3 is 1.92 bits per heavy atom. The highest BCUT2D eigenvalue weighted by Crippen LogP contribution is 2.25. The van der Waals surface area contributed by atoms with E-state index in [0.717, 1.165) is 5.69 Å². The Kier molecular flexibility index (Phi) is 4.81. The van der Waals surface area contributed by atoms with E-state index >= 15 is 0 Å². The summed E-state index contributed by atoms with van der Waals surface area (Å²) < 4.78 is 0. The summed E-state index contributed by atoms with van der Waals surface area (Å²) in [6.07, 6.45) is 0. The van der Waals surface area contributed by atoms with E-state index in [9.17, 15) is 0 Å². The first-order valence-electron chi connectivity index (χ1n) is 4.21. The van der Waals surface area contributed by atoms with E-state index < -0.39 is 0 Å². The van der Waals surface area contributed by atoms with Gasteiger partial charge in [0.05, 0.1) is 7.05 Å². The van der Waals surface area contributed by atoms with Gasteiger partial charge >= 0.3 is 0 Å². The minimum Gasteiger partial charge on any atom is -1.00 e. The van der Waals surface area contributed by atoms with E-state index in [4.69, 9.17) is 0 Å². The largest absolute Gasteiger partial charge is 1.00 e. The molecule has 0 spiro atoms. The van der Waals surface area contributed by atoms with Crippen molar-refractivity contribution in [3.05, 3.63) is 34.2 Å². The number of aryl methyl sites for hydroxylation is 3. The van der Waals surface area contributed by atoms with Gasteiger partial charge < -0.3 is 23.3 Å². The van der Waals surface area contributed by atoms with Gasteiger partial charge in [0.1, 0.15) is 0 Å². The average Bonchev–Trinajstić information content (AvgIpc) is 1.96. The van der Waals surface area contributed by atoms with Gasteiger partial charge in [0, 0.05) is 0 Å². The molecule has 0 atom stereocenters. The summed E-state index contributed by atoms with van der Waals surface area (Å²) >= 11 is 0. The monoisotopic (exact) mass is 199 g/mol. The number of hydrogen-bond donors (Lipinski definition) is 1. The average molecular weight is 200 g/mol. The fraction of sp³-hybridized carbons (Fsp3) is 0.400. The van der Waals surface area contributed by atoms with Gasteiger partial charge in [0.25, 0.3) is 0 Å². The highest BCUT2D eigenvalue weighted by atomic mass is 35.5. The van der Waals surface area contributed by atoms with Crippen molar-refractivity contribution in [2.75, 3.05) is 7.05 Å². The van der Waals surface area contributed by atoms with E-state index in [1.807, 2.05) is 12.5 Å². The molecule has 0 saturated heterocycles. The number of nitrogens with zero attached hydrogens (tertiary/aromatic N) is 1. The van der Waals surface area contributed by atoms with Crippen molar-refractivity contribution in [3.63, 3.8) is 0 Å². The molecule has 1 aromatic carbocycles. The third kappa shape index (κ3) is 2.90. The smallest absolute Gasteiger partial charge is 0.0603 e. The molecule has 13 heavy (non-hydrogen) atoms. The van der Waals surface area contributed by atoms with Crippen LogP contribution in [0.4, 0.5) is 5.69 Å².